The van der Waals surface area contributed by atoms with Gasteiger partial charge in [0.25, 0.3) is 0 Å². The lowest BCUT2D eigenvalue weighted by molar-refractivity contribution is 0.0849. The fourth-order valence-corrected chi connectivity index (χ4v) is 3.57. The average Bonchev–Trinajstić information content (AvgIpc) is 2.65. The summed E-state index contributed by atoms with van der Waals surface area (Å²) < 4.78 is 19.6. The maximum atomic E-state index is 13.7. The lowest BCUT2D eigenvalue weighted by Gasteiger charge is -2.36. The third-order valence-corrected chi connectivity index (χ3v) is 4.70. The molecule has 112 valence electrons. The minimum Gasteiger partial charge on any atom is -0.456 e. The summed E-state index contributed by atoms with van der Waals surface area (Å²) in [5, 5.41) is 3.30. The zero-order chi connectivity index (χ0) is 15.2. The molecule has 4 heteroatoms. The molecule has 2 aromatic carbocycles. The first-order chi connectivity index (χ1) is 10.7. The van der Waals surface area contributed by atoms with Gasteiger partial charge in [0.2, 0.25) is 0 Å². The summed E-state index contributed by atoms with van der Waals surface area (Å²) in [6.45, 7) is 1.54. The number of para-hydroxylation sites is 1. The Balaban J connectivity index is 1.99. The van der Waals surface area contributed by atoms with Crippen molar-refractivity contribution in [1.29, 1.82) is 0 Å². The van der Waals surface area contributed by atoms with Crippen LogP contribution in [0.25, 0.3) is 0 Å². The molecule has 0 aliphatic carbocycles. The van der Waals surface area contributed by atoms with E-state index < -0.39 is 11.2 Å². The molecular formula is C18H16FNO2. The van der Waals surface area contributed by atoms with Crippen molar-refractivity contribution in [3.63, 3.8) is 0 Å². The van der Waals surface area contributed by atoms with Gasteiger partial charge in [0.05, 0.1) is 11.0 Å². The quantitative estimate of drug-likeness (QED) is 0.809. The van der Waals surface area contributed by atoms with Crippen molar-refractivity contribution in [2.75, 3.05) is 13.1 Å². The Kier molecular flexibility index (Phi) is 3.01. The summed E-state index contributed by atoms with van der Waals surface area (Å²) in [7, 11) is 0. The second kappa shape index (κ2) is 4.92. The number of hydrogen-bond acceptors (Lipinski definition) is 3. The summed E-state index contributed by atoms with van der Waals surface area (Å²) in [6, 6.07) is 11.8. The van der Waals surface area contributed by atoms with Gasteiger partial charge in [-0.1, -0.05) is 18.2 Å². The third kappa shape index (κ3) is 1.87. The molecule has 0 atom stereocenters. The monoisotopic (exact) mass is 297 g/mol. The second-order valence-corrected chi connectivity index (χ2v) is 5.90. The van der Waals surface area contributed by atoms with Gasteiger partial charge in [0.15, 0.2) is 5.78 Å². The van der Waals surface area contributed by atoms with Crippen LogP contribution in [0.5, 0.6) is 11.5 Å². The number of carbonyl (C=O) groups excluding carboxylic acids is 1. The molecule has 0 radical (unpaired) electrons. The molecule has 22 heavy (non-hydrogen) atoms. The largest absolute Gasteiger partial charge is 0.456 e. The Morgan fingerprint density at radius 3 is 2.64 bits per heavy atom. The fourth-order valence-electron chi connectivity index (χ4n) is 3.57. The normalized spacial score (nSPS) is 19.0. The number of benzene rings is 2. The van der Waals surface area contributed by atoms with Gasteiger partial charge in [-0.25, -0.2) is 4.39 Å². The van der Waals surface area contributed by atoms with E-state index in [9.17, 15) is 9.18 Å². The molecule has 4 rings (SSSR count). The Hall–Kier alpha value is -2.20. The van der Waals surface area contributed by atoms with Gasteiger partial charge in [-0.05, 0) is 50.2 Å². The standard InChI is InChI=1S/C18H16FNO2/c19-12-5-6-15-13(11-12)17(21)18(7-9-20-10-8-18)14-3-1-2-4-16(14)22-15/h1-6,11,20H,7-10H2. The number of hydrogen-bond donors (Lipinski definition) is 1. The van der Waals surface area contributed by atoms with Crippen molar-refractivity contribution in [3.8, 4) is 11.5 Å². The number of rotatable bonds is 0. The number of halogens is 1. The van der Waals surface area contributed by atoms with E-state index >= 15 is 0 Å². The maximum Gasteiger partial charge on any atom is 0.177 e. The molecule has 3 nitrogen and oxygen atoms in total. The Morgan fingerprint density at radius 2 is 1.82 bits per heavy atom. The van der Waals surface area contributed by atoms with Crippen LogP contribution >= 0.6 is 0 Å². The molecule has 0 amide bonds. The van der Waals surface area contributed by atoms with E-state index in [1.54, 1.807) is 6.07 Å². The summed E-state index contributed by atoms with van der Waals surface area (Å²) in [5.74, 6) is 0.691. The van der Waals surface area contributed by atoms with Crippen molar-refractivity contribution in [2.24, 2.45) is 0 Å². The predicted molar refractivity (Wildman–Crippen MR) is 81.0 cm³/mol. The highest BCUT2D eigenvalue weighted by atomic mass is 19.1. The topological polar surface area (TPSA) is 38.3 Å². The van der Waals surface area contributed by atoms with Crippen LogP contribution in [0.3, 0.4) is 0 Å². The van der Waals surface area contributed by atoms with Crippen molar-refractivity contribution >= 4 is 5.78 Å². The van der Waals surface area contributed by atoms with Gasteiger partial charge >= 0.3 is 0 Å². The van der Waals surface area contributed by atoms with Crippen LogP contribution in [0, 0.1) is 5.82 Å². The van der Waals surface area contributed by atoms with Gasteiger partial charge in [-0.15, -0.1) is 0 Å². The number of piperidine rings is 1. The van der Waals surface area contributed by atoms with Crippen LogP contribution in [0.1, 0.15) is 28.8 Å². The number of nitrogens with one attached hydrogen (secondary N) is 1. The van der Waals surface area contributed by atoms with E-state index in [1.807, 2.05) is 24.3 Å². The Morgan fingerprint density at radius 1 is 1.05 bits per heavy atom. The summed E-state index contributed by atoms with van der Waals surface area (Å²) >= 11 is 0. The predicted octanol–water partition coefficient (Wildman–Crippen LogP) is 3.44. The molecule has 0 unspecified atom stereocenters. The molecule has 2 heterocycles. The lowest BCUT2D eigenvalue weighted by atomic mass is 9.68. The van der Waals surface area contributed by atoms with E-state index in [-0.39, 0.29) is 5.78 Å². The highest BCUT2D eigenvalue weighted by Gasteiger charge is 2.46. The molecule has 0 saturated carbocycles. The number of ether oxygens (including phenoxy) is 1. The molecule has 1 N–H and O–H groups in total. The number of fused-ring (bicyclic) bond motifs is 3. The number of ketones is 1. The van der Waals surface area contributed by atoms with Crippen molar-refractivity contribution in [3.05, 3.63) is 59.4 Å². The van der Waals surface area contributed by atoms with Crippen LogP contribution in [-0.2, 0) is 5.41 Å². The van der Waals surface area contributed by atoms with Crippen molar-refractivity contribution in [2.45, 2.75) is 18.3 Å². The van der Waals surface area contributed by atoms with Gasteiger partial charge in [-0.2, -0.15) is 0 Å². The van der Waals surface area contributed by atoms with Crippen LogP contribution in [0.2, 0.25) is 0 Å². The van der Waals surface area contributed by atoms with Gasteiger partial charge in [-0.3, -0.25) is 4.79 Å². The smallest absolute Gasteiger partial charge is 0.177 e. The van der Waals surface area contributed by atoms with E-state index in [1.165, 1.54) is 12.1 Å². The third-order valence-electron chi connectivity index (χ3n) is 4.70. The first kappa shape index (κ1) is 13.5. The van der Waals surface area contributed by atoms with Crippen LogP contribution in [-0.4, -0.2) is 18.9 Å². The van der Waals surface area contributed by atoms with Crippen molar-refractivity contribution < 1.29 is 13.9 Å². The molecule has 2 aromatic rings. The van der Waals surface area contributed by atoms with Crippen LogP contribution in [0.4, 0.5) is 4.39 Å². The molecule has 1 spiro atoms. The number of carbonyl (C=O) groups is 1. The average molecular weight is 297 g/mol. The minimum absolute atomic E-state index is 0.0338. The van der Waals surface area contributed by atoms with E-state index in [4.69, 9.17) is 4.74 Å². The fraction of sp³-hybridized carbons (Fsp3) is 0.278. The molecule has 1 fully saturated rings. The van der Waals surface area contributed by atoms with Crippen LogP contribution in [0.15, 0.2) is 42.5 Å². The Labute approximate surface area is 128 Å². The lowest BCUT2D eigenvalue weighted by Crippen LogP contribution is -2.45. The van der Waals surface area contributed by atoms with Gasteiger partial charge in [0, 0.05) is 5.56 Å². The van der Waals surface area contributed by atoms with Gasteiger partial charge < -0.3 is 10.1 Å². The minimum atomic E-state index is -0.624. The van der Waals surface area contributed by atoms with E-state index in [2.05, 4.69) is 5.32 Å². The SMILES string of the molecule is O=C1c2cc(F)ccc2Oc2ccccc2C12CCNCC2. The zero-order valence-electron chi connectivity index (χ0n) is 12.1. The summed E-state index contributed by atoms with van der Waals surface area (Å²) in [6.07, 6.45) is 1.39. The maximum absolute atomic E-state index is 13.7. The second-order valence-electron chi connectivity index (χ2n) is 5.90. The van der Waals surface area contributed by atoms with Crippen LogP contribution < -0.4 is 10.1 Å². The molecule has 1 saturated heterocycles. The highest BCUT2D eigenvalue weighted by Crippen LogP contribution is 2.47. The molecule has 0 aromatic heterocycles. The summed E-state index contributed by atoms with van der Waals surface area (Å²) in [4.78, 5) is 13.3. The Bertz CT molecular complexity index is 751. The van der Waals surface area contributed by atoms with Crippen molar-refractivity contribution in [1.82, 2.24) is 5.32 Å². The zero-order valence-corrected chi connectivity index (χ0v) is 12.1. The van der Waals surface area contributed by atoms with E-state index in [0.29, 0.717) is 29.9 Å². The first-order valence-electron chi connectivity index (χ1n) is 7.53. The summed E-state index contributed by atoms with van der Waals surface area (Å²) in [5.41, 5.74) is 0.636. The van der Waals surface area contributed by atoms with E-state index in [0.717, 1.165) is 18.7 Å². The first-order valence-corrected chi connectivity index (χ1v) is 7.53. The number of Topliss-reactive ketones (excluding diaryl/α,β-unsaturated/α-hetero) is 1. The molecule has 2 aliphatic heterocycles. The highest BCUT2D eigenvalue weighted by molar-refractivity contribution is 6.07. The molecular weight excluding hydrogens is 281 g/mol. The molecule has 0 bridgehead atoms. The van der Waals surface area contributed by atoms with Gasteiger partial charge in [0.1, 0.15) is 17.3 Å². The molecule has 2 aliphatic rings.